The highest BCUT2D eigenvalue weighted by Crippen LogP contribution is 2.29. The minimum absolute atomic E-state index is 0.0303. The van der Waals surface area contributed by atoms with Gasteiger partial charge in [0, 0.05) is 50.4 Å². The molecule has 1 amide bonds. The van der Waals surface area contributed by atoms with Gasteiger partial charge in [0.2, 0.25) is 0 Å². The molecular weight excluding hydrogens is 470 g/mol. The summed E-state index contributed by atoms with van der Waals surface area (Å²) in [6, 6.07) is 14.7. The van der Waals surface area contributed by atoms with Crippen LogP contribution in [0.4, 0.5) is 0 Å². The molecule has 1 aliphatic rings. The number of hydrogen-bond acceptors (Lipinski definition) is 7. The highest BCUT2D eigenvalue weighted by molar-refractivity contribution is 5.97. The maximum Gasteiger partial charge on any atom is 0.254 e. The summed E-state index contributed by atoms with van der Waals surface area (Å²) in [6.07, 6.45) is 0.747. The summed E-state index contributed by atoms with van der Waals surface area (Å²) in [5.74, 6) is 1.82. The van der Waals surface area contributed by atoms with Crippen LogP contribution in [0, 0.1) is 11.8 Å². The lowest BCUT2D eigenvalue weighted by Gasteiger charge is -2.32. The summed E-state index contributed by atoms with van der Waals surface area (Å²) < 4.78 is 16.4. The Hall–Kier alpha value is -2.94. The minimum atomic E-state index is -0.0303. The molecule has 0 radical (unpaired) electrons. The fourth-order valence-corrected chi connectivity index (χ4v) is 4.59. The van der Waals surface area contributed by atoms with E-state index < -0.39 is 0 Å². The van der Waals surface area contributed by atoms with E-state index in [9.17, 15) is 9.59 Å². The van der Waals surface area contributed by atoms with Crippen LogP contribution >= 0.6 is 0 Å². The first kappa shape index (κ1) is 28.6. The maximum atomic E-state index is 13.6. The Morgan fingerprint density at radius 1 is 1.00 bits per heavy atom. The van der Waals surface area contributed by atoms with E-state index in [1.54, 1.807) is 32.4 Å². The number of hydrogen-bond donors (Lipinski definition) is 2. The van der Waals surface area contributed by atoms with Crippen molar-refractivity contribution in [3.05, 3.63) is 59.7 Å². The van der Waals surface area contributed by atoms with Gasteiger partial charge in [-0.25, -0.2) is 0 Å². The smallest absolute Gasteiger partial charge is 0.254 e. The maximum absolute atomic E-state index is 13.6. The highest BCUT2D eigenvalue weighted by atomic mass is 16.5. The number of Topliss-reactive ketones (excluding diaryl/α,β-unsaturated/α-hetero) is 1. The molecule has 0 spiro atoms. The van der Waals surface area contributed by atoms with Crippen LogP contribution < -0.4 is 20.1 Å². The molecule has 3 rings (SSSR count). The SMILES string of the molecule is COCCCOc1cc(C(=O)N(C[C@@H]2CNC[C@@H]2CNCC(=O)c2ccccc2)C(C)C)ccc1OC. The predicted octanol–water partition coefficient (Wildman–Crippen LogP) is 3.27. The summed E-state index contributed by atoms with van der Waals surface area (Å²) >= 11 is 0. The van der Waals surface area contributed by atoms with Crippen LogP contribution in [0.3, 0.4) is 0 Å². The lowest BCUT2D eigenvalue weighted by atomic mass is 9.94. The molecule has 8 nitrogen and oxygen atoms in total. The van der Waals surface area contributed by atoms with Crippen molar-refractivity contribution in [2.24, 2.45) is 11.8 Å². The van der Waals surface area contributed by atoms with Crippen molar-refractivity contribution in [3.8, 4) is 11.5 Å². The second kappa shape index (κ2) is 14.7. The molecule has 2 aromatic carbocycles. The number of amides is 1. The standard InChI is InChI=1S/C29H41N3O5/c1-21(2)32(29(34)23-11-12-27(36-4)28(15-23)37-14-8-13-35-3)20-25-18-30-16-24(25)17-31-19-26(33)22-9-6-5-7-10-22/h5-7,9-12,15,21,24-25,30-31H,8,13-14,16-20H2,1-4H3/t24-,25+/m1/s1. The molecule has 1 saturated heterocycles. The van der Waals surface area contributed by atoms with Crippen LogP contribution in [-0.4, -0.2) is 82.8 Å². The van der Waals surface area contributed by atoms with Crippen molar-refractivity contribution in [2.45, 2.75) is 26.3 Å². The molecule has 2 N–H and O–H groups in total. The number of rotatable bonds is 15. The van der Waals surface area contributed by atoms with Gasteiger partial charge >= 0.3 is 0 Å². The lowest BCUT2D eigenvalue weighted by Crippen LogP contribution is -2.43. The van der Waals surface area contributed by atoms with Gasteiger partial charge in [-0.3, -0.25) is 9.59 Å². The number of benzene rings is 2. The van der Waals surface area contributed by atoms with Crippen LogP contribution in [0.15, 0.2) is 48.5 Å². The largest absolute Gasteiger partial charge is 0.493 e. The van der Waals surface area contributed by atoms with E-state index in [4.69, 9.17) is 14.2 Å². The van der Waals surface area contributed by atoms with Gasteiger partial charge in [0.1, 0.15) is 0 Å². The fourth-order valence-electron chi connectivity index (χ4n) is 4.59. The number of nitrogens with one attached hydrogen (secondary N) is 2. The number of carbonyl (C=O) groups excluding carboxylic acids is 2. The molecular formula is C29H41N3O5. The molecule has 202 valence electrons. The molecule has 0 saturated carbocycles. The normalized spacial score (nSPS) is 17.1. The second-order valence-electron chi connectivity index (χ2n) is 9.71. The Balaban J connectivity index is 1.61. The Kier molecular flexibility index (Phi) is 11.4. The molecule has 1 heterocycles. The van der Waals surface area contributed by atoms with E-state index in [0.29, 0.717) is 54.8 Å². The summed E-state index contributed by atoms with van der Waals surface area (Å²) in [4.78, 5) is 28.0. The van der Waals surface area contributed by atoms with Gasteiger partial charge in [-0.1, -0.05) is 30.3 Å². The first-order valence-corrected chi connectivity index (χ1v) is 13.0. The van der Waals surface area contributed by atoms with Crippen molar-refractivity contribution in [3.63, 3.8) is 0 Å². The summed E-state index contributed by atoms with van der Waals surface area (Å²) in [7, 11) is 3.25. The molecule has 0 bridgehead atoms. The third-order valence-corrected chi connectivity index (χ3v) is 6.74. The Bertz CT molecular complexity index is 998. The molecule has 1 fully saturated rings. The summed E-state index contributed by atoms with van der Waals surface area (Å²) in [5.41, 5.74) is 1.29. The minimum Gasteiger partial charge on any atom is -0.493 e. The molecule has 2 atom stereocenters. The van der Waals surface area contributed by atoms with Crippen LogP contribution in [0.1, 0.15) is 41.0 Å². The van der Waals surface area contributed by atoms with E-state index >= 15 is 0 Å². The number of ether oxygens (including phenoxy) is 3. The summed E-state index contributed by atoms with van der Waals surface area (Å²) in [5, 5.41) is 6.80. The first-order chi connectivity index (χ1) is 17.9. The van der Waals surface area contributed by atoms with Crippen LogP contribution in [0.5, 0.6) is 11.5 Å². The fraction of sp³-hybridized carbons (Fsp3) is 0.517. The van der Waals surface area contributed by atoms with Crippen LogP contribution in [0.2, 0.25) is 0 Å². The van der Waals surface area contributed by atoms with Crippen molar-refractivity contribution in [1.29, 1.82) is 0 Å². The molecule has 1 aliphatic heterocycles. The highest BCUT2D eigenvalue weighted by Gasteiger charge is 2.31. The van der Waals surface area contributed by atoms with Gasteiger partial charge in [0.15, 0.2) is 17.3 Å². The van der Waals surface area contributed by atoms with Gasteiger partial charge in [0.25, 0.3) is 5.91 Å². The van der Waals surface area contributed by atoms with Crippen molar-refractivity contribution in [1.82, 2.24) is 15.5 Å². The van der Waals surface area contributed by atoms with E-state index in [2.05, 4.69) is 10.6 Å². The van der Waals surface area contributed by atoms with Crippen molar-refractivity contribution in [2.75, 3.05) is 60.2 Å². The molecule has 0 aliphatic carbocycles. The van der Waals surface area contributed by atoms with Gasteiger partial charge in [0.05, 0.1) is 20.3 Å². The van der Waals surface area contributed by atoms with Crippen LogP contribution in [0.25, 0.3) is 0 Å². The van der Waals surface area contributed by atoms with Gasteiger partial charge in [-0.15, -0.1) is 0 Å². The molecule has 0 aromatic heterocycles. The Labute approximate surface area is 220 Å². The monoisotopic (exact) mass is 511 g/mol. The average Bonchev–Trinajstić information content (AvgIpc) is 3.36. The molecule has 8 heteroatoms. The number of ketones is 1. The number of methoxy groups -OCH3 is 2. The van der Waals surface area contributed by atoms with Crippen molar-refractivity contribution >= 4 is 11.7 Å². The van der Waals surface area contributed by atoms with Crippen LogP contribution in [-0.2, 0) is 4.74 Å². The van der Waals surface area contributed by atoms with E-state index in [-0.39, 0.29) is 23.7 Å². The van der Waals surface area contributed by atoms with Gasteiger partial charge < -0.3 is 29.7 Å². The zero-order chi connectivity index (χ0) is 26.6. The van der Waals surface area contributed by atoms with Gasteiger partial charge in [-0.2, -0.15) is 0 Å². The third kappa shape index (κ3) is 8.28. The number of nitrogens with zero attached hydrogens (tertiary/aromatic N) is 1. The predicted molar refractivity (Wildman–Crippen MR) is 145 cm³/mol. The number of carbonyl (C=O) groups is 2. The van der Waals surface area contributed by atoms with Gasteiger partial charge in [-0.05, 0) is 57.0 Å². The van der Waals surface area contributed by atoms with E-state index in [0.717, 1.165) is 26.1 Å². The topological polar surface area (TPSA) is 89.1 Å². The zero-order valence-corrected chi connectivity index (χ0v) is 22.5. The summed E-state index contributed by atoms with van der Waals surface area (Å²) in [6.45, 7) is 8.52. The lowest BCUT2D eigenvalue weighted by molar-refractivity contribution is 0.0661. The average molecular weight is 512 g/mol. The third-order valence-electron chi connectivity index (χ3n) is 6.74. The Morgan fingerprint density at radius 2 is 1.76 bits per heavy atom. The van der Waals surface area contributed by atoms with E-state index in [1.165, 1.54) is 0 Å². The quantitative estimate of drug-likeness (QED) is 0.280. The van der Waals surface area contributed by atoms with Crippen molar-refractivity contribution < 1.29 is 23.8 Å². The molecule has 37 heavy (non-hydrogen) atoms. The van der Waals surface area contributed by atoms with E-state index in [1.807, 2.05) is 49.1 Å². The Morgan fingerprint density at radius 3 is 2.46 bits per heavy atom. The molecule has 2 aromatic rings. The zero-order valence-electron chi connectivity index (χ0n) is 22.5. The second-order valence-corrected chi connectivity index (χ2v) is 9.71. The molecule has 0 unspecified atom stereocenters. The first-order valence-electron chi connectivity index (χ1n) is 13.0.